The molecule has 1 heterocycles. The van der Waals surface area contributed by atoms with Gasteiger partial charge in [0.05, 0.1) is 12.0 Å². The number of ketones is 1. The second kappa shape index (κ2) is 4.30. The van der Waals surface area contributed by atoms with Crippen molar-refractivity contribution < 1.29 is 9.59 Å². The largest absolute Gasteiger partial charge is 0.359 e. The van der Waals surface area contributed by atoms with E-state index in [1.807, 2.05) is 0 Å². The molecule has 5 nitrogen and oxygen atoms in total. The zero-order valence-electron chi connectivity index (χ0n) is 7.15. The maximum absolute atomic E-state index is 11.3. The summed E-state index contributed by atoms with van der Waals surface area (Å²) in [5.41, 5.74) is 0.353. The van der Waals surface area contributed by atoms with Gasteiger partial charge < -0.3 is 5.32 Å². The first-order valence-electron chi connectivity index (χ1n) is 3.73. The van der Waals surface area contributed by atoms with Crippen LogP contribution in [0.2, 0.25) is 0 Å². The van der Waals surface area contributed by atoms with Gasteiger partial charge in [0.1, 0.15) is 6.33 Å². The predicted molar refractivity (Wildman–Crippen MR) is 45.0 cm³/mol. The molecule has 0 saturated heterocycles. The van der Waals surface area contributed by atoms with Crippen molar-refractivity contribution in [2.45, 2.75) is 6.42 Å². The Bertz CT molecular complexity index is 310. The van der Waals surface area contributed by atoms with Gasteiger partial charge in [-0.25, -0.2) is 9.97 Å². The second-order valence-electron chi connectivity index (χ2n) is 2.40. The minimum absolute atomic E-state index is 0.163. The first-order valence-corrected chi connectivity index (χ1v) is 3.73. The Hall–Kier alpha value is -1.78. The van der Waals surface area contributed by atoms with Crippen LogP contribution in [-0.2, 0) is 4.79 Å². The first-order chi connectivity index (χ1) is 6.24. The van der Waals surface area contributed by atoms with Gasteiger partial charge in [0.2, 0.25) is 5.91 Å². The van der Waals surface area contributed by atoms with Crippen molar-refractivity contribution in [2.75, 3.05) is 7.05 Å². The van der Waals surface area contributed by atoms with E-state index >= 15 is 0 Å². The molecule has 1 aromatic rings. The second-order valence-corrected chi connectivity index (χ2v) is 2.40. The lowest BCUT2D eigenvalue weighted by molar-refractivity contribution is -0.119. The summed E-state index contributed by atoms with van der Waals surface area (Å²) in [4.78, 5) is 29.4. The van der Waals surface area contributed by atoms with Crippen LogP contribution in [0.15, 0.2) is 18.7 Å². The van der Waals surface area contributed by atoms with Crippen LogP contribution in [0.1, 0.15) is 16.8 Å². The summed E-state index contributed by atoms with van der Waals surface area (Å²) in [6, 6.07) is 0. The highest BCUT2D eigenvalue weighted by atomic mass is 16.2. The predicted octanol–water partition coefficient (Wildman–Crippen LogP) is -0.205. The molecule has 0 aliphatic rings. The van der Waals surface area contributed by atoms with Gasteiger partial charge in [-0.2, -0.15) is 0 Å². The van der Waals surface area contributed by atoms with E-state index in [1.165, 1.54) is 25.8 Å². The number of hydrogen-bond donors (Lipinski definition) is 1. The third-order valence-corrected chi connectivity index (χ3v) is 1.48. The molecule has 0 unspecified atom stereocenters. The summed E-state index contributed by atoms with van der Waals surface area (Å²) in [5, 5.41) is 2.37. The summed E-state index contributed by atoms with van der Waals surface area (Å²) < 4.78 is 0. The minimum atomic E-state index is -0.311. The average Bonchev–Trinajstić information content (AvgIpc) is 2.19. The molecular formula is C8H9N3O2. The van der Waals surface area contributed by atoms with Gasteiger partial charge in [-0.15, -0.1) is 0 Å². The van der Waals surface area contributed by atoms with Gasteiger partial charge in [-0.05, 0) is 0 Å². The molecule has 68 valence electrons. The first kappa shape index (κ1) is 9.31. The van der Waals surface area contributed by atoms with Crippen LogP contribution in [0.25, 0.3) is 0 Å². The van der Waals surface area contributed by atoms with Crippen LogP contribution in [0.3, 0.4) is 0 Å². The molecule has 1 N–H and O–H groups in total. The third kappa shape index (κ3) is 2.62. The fraction of sp³-hybridized carbons (Fsp3) is 0.250. The Morgan fingerprint density at radius 3 is 2.54 bits per heavy atom. The number of Topliss-reactive ketones (excluding diaryl/α,β-unsaturated/α-hetero) is 1. The fourth-order valence-electron chi connectivity index (χ4n) is 0.779. The van der Waals surface area contributed by atoms with Crippen LogP contribution < -0.4 is 5.32 Å². The zero-order chi connectivity index (χ0) is 9.68. The smallest absolute Gasteiger partial charge is 0.227 e. The Balaban J connectivity index is 2.65. The SMILES string of the molecule is CNC(=O)CC(=O)c1cncnc1. The molecule has 0 aliphatic carbocycles. The van der Waals surface area contributed by atoms with Crippen molar-refractivity contribution in [3.8, 4) is 0 Å². The monoisotopic (exact) mass is 179 g/mol. The number of aromatic nitrogens is 2. The number of hydrogen-bond acceptors (Lipinski definition) is 4. The van der Waals surface area contributed by atoms with E-state index in [1.54, 1.807) is 0 Å². The summed E-state index contributed by atoms with van der Waals surface area (Å²) in [7, 11) is 1.48. The van der Waals surface area contributed by atoms with E-state index in [-0.39, 0.29) is 18.1 Å². The fourth-order valence-corrected chi connectivity index (χ4v) is 0.779. The van der Waals surface area contributed by atoms with E-state index in [2.05, 4.69) is 15.3 Å². The molecular weight excluding hydrogens is 170 g/mol. The van der Waals surface area contributed by atoms with Crippen LogP contribution in [0.5, 0.6) is 0 Å². The standard InChI is InChI=1S/C8H9N3O2/c1-9-8(13)2-7(12)6-3-10-5-11-4-6/h3-5H,2H2,1H3,(H,9,13). The molecule has 0 aromatic carbocycles. The van der Waals surface area contributed by atoms with Gasteiger partial charge in [-0.1, -0.05) is 0 Å². The zero-order valence-corrected chi connectivity index (χ0v) is 7.15. The molecule has 0 saturated carbocycles. The Morgan fingerprint density at radius 1 is 1.38 bits per heavy atom. The van der Waals surface area contributed by atoms with Gasteiger partial charge in [0, 0.05) is 19.4 Å². The van der Waals surface area contributed by atoms with E-state index in [9.17, 15) is 9.59 Å². The Labute approximate surface area is 75.2 Å². The Morgan fingerprint density at radius 2 is 2.00 bits per heavy atom. The maximum atomic E-state index is 11.3. The molecule has 1 amide bonds. The van der Waals surface area contributed by atoms with Crippen molar-refractivity contribution in [1.82, 2.24) is 15.3 Å². The molecule has 0 radical (unpaired) electrons. The van der Waals surface area contributed by atoms with E-state index in [0.29, 0.717) is 5.56 Å². The molecule has 0 bridgehead atoms. The maximum Gasteiger partial charge on any atom is 0.227 e. The Kier molecular flexibility index (Phi) is 3.08. The number of amides is 1. The molecule has 1 aromatic heterocycles. The molecule has 1 rings (SSSR count). The molecule has 0 aliphatic heterocycles. The van der Waals surface area contributed by atoms with Crippen molar-refractivity contribution in [1.29, 1.82) is 0 Å². The molecule has 5 heteroatoms. The van der Waals surface area contributed by atoms with Gasteiger partial charge in [-0.3, -0.25) is 9.59 Å². The topological polar surface area (TPSA) is 72.0 Å². The molecule has 13 heavy (non-hydrogen) atoms. The summed E-state index contributed by atoms with van der Waals surface area (Å²) in [6.07, 6.45) is 3.94. The lowest BCUT2D eigenvalue weighted by atomic mass is 10.1. The molecule has 0 spiro atoms. The van der Waals surface area contributed by atoms with E-state index in [0.717, 1.165) is 0 Å². The quantitative estimate of drug-likeness (QED) is 0.515. The lowest BCUT2D eigenvalue weighted by Gasteiger charge is -1.97. The van der Waals surface area contributed by atoms with Crippen molar-refractivity contribution in [3.05, 3.63) is 24.3 Å². The van der Waals surface area contributed by atoms with Gasteiger partial charge >= 0.3 is 0 Å². The number of rotatable bonds is 3. The summed E-state index contributed by atoms with van der Waals surface area (Å²) in [5.74, 6) is -0.589. The van der Waals surface area contributed by atoms with Gasteiger partial charge in [0.25, 0.3) is 0 Å². The summed E-state index contributed by atoms with van der Waals surface area (Å²) in [6.45, 7) is 0. The molecule has 0 atom stereocenters. The third-order valence-electron chi connectivity index (χ3n) is 1.48. The van der Waals surface area contributed by atoms with E-state index in [4.69, 9.17) is 0 Å². The van der Waals surface area contributed by atoms with Crippen molar-refractivity contribution >= 4 is 11.7 Å². The van der Waals surface area contributed by atoms with Crippen LogP contribution in [-0.4, -0.2) is 28.7 Å². The highest BCUT2D eigenvalue weighted by molar-refractivity contribution is 6.06. The highest BCUT2D eigenvalue weighted by Gasteiger charge is 2.10. The normalized spacial score (nSPS) is 9.31. The summed E-state index contributed by atoms with van der Waals surface area (Å²) >= 11 is 0. The van der Waals surface area contributed by atoms with Gasteiger partial charge in [0.15, 0.2) is 5.78 Å². The minimum Gasteiger partial charge on any atom is -0.359 e. The number of carbonyl (C=O) groups is 2. The van der Waals surface area contributed by atoms with Crippen LogP contribution in [0.4, 0.5) is 0 Å². The average molecular weight is 179 g/mol. The number of nitrogens with zero attached hydrogens (tertiary/aromatic N) is 2. The van der Waals surface area contributed by atoms with E-state index < -0.39 is 0 Å². The van der Waals surface area contributed by atoms with Crippen LogP contribution in [0, 0.1) is 0 Å². The lowest BCUT2D eigenvalue weighted by Crippen LogP contribution is -2.21. The number of carbonyl (C=O) groups excluding carboxylic acids is 2. The molecule has 0 fully saturated rings. The van der Waals surface area contributed by atoms with Crippen LogP contribution >= 0.6 is 0 Å². The van der Waals surface area contributed by atoms with Crippen molar-refractivity contribution in [3.63, 3.8) is 0 Å². The van der Waals surface area contributed by atoms with Crippen molar-refractivity contribution in [2.24, 2.45) is 0 Å². The highest BCUT2D eigenvalue weighted by Crippen LogP contribution is 1.98. The number of nitrogens with one attached hydrogen (secondary N) is 1.